The second-order valence-electron chi connectivity index (χ2n) is 5.17. The summed E-state index contributed by atoms with van der Waals surface area (Å²) in [5, 5.41) is 0.218. The van der Waals surface area contributed by atoms with E-state index in [1.54, 1.807) is 25.1 Å². The molecule has 0 amide bonds. The lowest BCUT2D eigenvalue weighted by Gasteiger charge is -2.14. The van der Waals surface area contributed by atoms with Gasteiger partial charge in [-0.15, -0.1) is 0 Å². The van der Waals surface area contributed by atoms with Crippen molar-refractivity contribution >= 4 is 20.9 Å². The average molecular weight is 339 g/mol. The summed E-state index contributed by atoms with van der Waals surface area (Å²) in [6, 6.07) is 12.4. The number of para-hydroxylation sites is 1. The molecule has 3 rings (SSSR count). The van der Waals surface area contributed by atoms with E-state index < -0.39 is 21.9 Å². The first-order valence-electron chi connectivity index (χ1n) is 6.71. The highest BCUT2D eigenvalue weighted by atomic mass is 32.2. The Morgan fingerprint density at radius 3 is 2.17 bits per heavy atom. The quantitative estimate of drug-likeness (QED) is 0.702. The average Bonchev–Trinajstić information content (AvgIpc) is 2.88. The van der Waals surface area contributed by atoms with E-state index in [-0.39, 0.29) is 15.8 Å². The van der Waals surface area contributed by atoms with Crippen LogP contribution in [0.3, 0.4) is 0 Å². The number of halogens is 3. The first kappa shape index (κ1) is 15.6. The molecule has 23 heavy (non-hydrogen) atoms. The first-order valence-corrected chi connectivity index (χ1v) is 8.15. The molecular weight excluding hydrogens is 327 g/mol. The van der Waals surface area contributed by atoms with Gasteiger partial charge in [-0.3, -0.25) is 0 Å². The molecule has 0 saturated carbocycles. The minimum Gasteiger partial charge on any atom is -0.229 e. The lowest BCUT2D eigenvalue weighted by molar-refractivity contribution is -0.141. The topological polar surface area (TPSA) is 39.1 Å². The second kappa shape index (κ2) is 5.13. The van der Waals surface area contributed by atoms with E-state index in [9.17, 15) is 21.6 Å². The summed E-state index contributed by atoms with van der Waals surface area (Å²) in [6.07, 6.45) is -4.78. The van der Waals surface area contributed by atoms with Gasteiger partial charge >= 0.3 is 6.18 Å². The van der Waals surface area contributed by atoms with Crippen LogP contribution >= 0.6 is 0 Å². The van der Waals surface area contributed by atoms with Gasteiger partial charge in [0.05, 0.1) is 10.4 Å². The Kier molecular flexibility index (Phi) is 3.48. The largest absolute Gasteiger partial charge is 0.432 e. The third-order valence-corrected chi connectivity index (χ3v) is 5.26. The van der Waals surface area contributed by atoms with Crippen molar-refractivity contribution in [1.29, 1.82) is 0 Å². The van der Waals surface area contributed by atoms with Gasteiger partial charge in [0.15, 0.2) is 0 Å². The maximum atomic E-state index is 13.3. The van der Waals surface area contributed by atoms with Crippen molar-refractivity contribution < 1.29 is 21.6 Å². The van der Waals surface area contributed by atoms with Gasteiger partial charge in [0, 0.05) is 5.39 Å². The van der Waals surface area contributed by atoms with Crippen molar-refractivity contribution in [2.24, 2.45) is 0 Å². The Morgan fingerprint density at radius 2 is 1.57 bits per heavy atom. The molecule has 0 bridgehead atoms. The fourth-order valence-corrected chi connectivity index (χ4v) is 3.93. The molecule has 1 heterocycles. The van der Waals surface area contributed by atoms with Crippen LogP contribution in [0.2, 0.25) is 0 Å². The Hall–Kier alpha value is -2.28. The zero-order chi connectivity index (χ0) is 16.8. The fourth-order valence-electron chi connectivity index (χ4n) is 2.40. The number of aromatic nitrogens is 1. The molecule has 0 fully saturated rings. The van der Waals surface area contributed by atoms with Crippen molar-refractivity contribution in [3.05, 3.63) is 65.9 Å². The predicted molar refractivity (Wildman–Crippen MR) is 80.7 cm³/mol. The Bertz CT molecular complexity index is 971. The van der Waals surface area contributed by atoms with Gasteiger partial charge in [0.1, 0.15) is 5.69 Å². The summed E-state index contributed by atoms with van der Waals surface area (Å²) in [5.74, 6) is 0. The van der Waals surface area contributed by atoms with E-state index in [1.807, 2.05) is 0 Å². The van der Waals surface area contributed by atoms with Crippen LogP contribution in [0.25, 0.3) is 10.9 Å². The molecule has 0 aliphatic carbocycles. The van der Waals surface area contributed by atoms with E-state index in [0.717, 1.165) is 11.6 Å². The molecule has 120 valence electrons. The van der Waals surface area contributed by atoms with E-state index >= 15 is 0 Å². The van der Waals surface area contributed by atoms with Crippen molar-refractivity contribution in [2.45, 2.75) is 18.0 Å². The smallest absolute Gasteiger partial charge is 0.229 e. The third kappa shape index (κ3) is 2.61. The second-order valence-corrected chi connectivity index (χ2v) is 6.96. The molecule has 1 aromatic heterocycles. The summed E-state index contributed by atoms with van der Waals surface area (Å²) in [7, 11) is -4.36. The molecule has 0 spiro atoms. The summed E-state index contributed by atoms with van der Waals surface area (Å²) in [6.45, 7) is 1.77. The Morgan fingerprint density at radius 1 is 0.957 bits per heavy atom. The first-order chi connectivity index (χ1) is 10.7. The number of benzene rings is 2. The number of fused-ring (bicyclic) bond motifs is 1. The zero-order valence-corrected chi connectivity index (χ0v) is 12.8. The molecule has 0 N–H and O–H groups in total. The summed E-state index contributed by atoms with van der Waals surface area (Å²) in [4.78, 5) is -0.185. The lowest BCUT2D eigenvalue weighted by atomic mass is 10.2. The normalized spacial score (nSPS) is 12.7. The molecule has 0 aliphatic heterocycles. The van der Waals surface area contributed by atoms with Gasteiger partial charge in [-0.05, 0) is 31.2 Å². The predicted octanol–water partition coefficient (Wildman–Crippen LogP) is 4.21. The molecule has 0 saturated heterocycles. The maximum Gasteiger partial charge on any atom is 0.432 e. The number of alkyl halides is 3. The number of rotatable bonds is 2. The molecule has 0 unspecified atom stereocenters. The highest BCUT2D eigenvalue weighted by Gasteiger charge is 2.39. The number of aryl methyl sites for hydroxylation is 1. The standard InChI is InChI=1S/C16H12F3NO2S/c1-11-6-8-13(9-7-11)23(21,22)20-14-5-3-2-4-12(14)10-15(20)16(17,18)19/h2-10H,1H3. The fraction of sp³-hybridized carbons (Fsp3) is 0.125. The minimum atomic E-state index is -4.78. The van der Waals surface area contributed by atoms with Gasteiger partial charge in [-0.2, -0.15) is 13.2 Å². The molecule has 3 nitrogen and oxygen atoms in total. The van der Waals surface area contributed by atoms with Crippen LogP contribution in [0.15, 0.2) is 59.5 Å². The molecule has 3 aromatic rings. The highest BCUT2D eigenvalue weighted by Crippen LogP contribution is 2.36. The number of hydrogen-bond donors (Lipinski definition) is 0. The van der Waals surface area contributed by atoms with Gasteiger partial charge < -0.3 is 0 Å². The van der Waals surface area contributed by atoms with Gasteiger partial charge in [-0.1, -0.05) is 35.9 Å². The molecule has 0 radical (unpaired) electrons. The van der Waals surface area contributed by atoms with E-state index in [4.69, 9.17) is 0 Å². The Balaban J connectivity index is 2.36. The van der Waals surface area contributed by atoms with Gasteiger partial charge in [0.25, 0.3) is 10.0 Å². The zero-order valence-electron chi connectivity index (χ0n) is 12.0. The summed E-state index contributed by atoms with van der Waals surface area (Å²) in [5.41, 5.74) is -0.392. The molecule has 7 heteroatoms. The highest BCUT2D eigenvalue weighted by molar-refractivity contribution is 7.90. The molecule has 0 aliphatic rings. The van der Waals surface area contributed by atoms with Crippen LogP contribution in [-0.4, -0.2) is 12.4 Å². The van der Waals surface area contributed by atoms with Crippen LogP contribution in [0, 0.1) is 6.92 Å². The molecule has 2 aromatic carbocycles. The van der Waals surface area contributed by atoms with Crippen molar-refractivity contribution in [1.82, 2.24) is 3.97 Å². The van der Waals surface area contributed by atoms with Crippen LogP contribution < -0.4 is 0 Å². The van der Waals surface area contributed by atoms with Gasteiger partial charge in [0.2, 0.25) is 0 Å². The Labute approximate surface area is 131 Å². The number of nitrogens with zero attached hydrogens (tertiary/aromatic N) is 1. The van der Waals surface area contributed by atoms with Crippen LogP contribution in [0.4, 0.5) is 13.2 Å². The van der Waals surface area contributed by atoms with Crippen molar-refractivity contribution in [2.75, 3.05) is 0 Å². The van der Waals surface area contributed by atoms with E-state index in [0.29, 0.717) is 3.97 Å². The third-order valence-electron chi connectivity index (χ3n) is 3.52. The molecular formula is C16H12F3NO2S. The van der Waals surface area contributed by atoms with Crippen molar-refractivity contribution in [3.63, 3.8) is 0 Å². The van der Waals surface area contributed by atoms with Crippen LogP contribution in [0.1, 0.15) is 11.3 Å². The van der Waals surface area contributed by atoms with Crippen LogP contribution in [0.5, 0.6) is 0 Å². The monoisotopic (exact) mass is 339 g/mol. The van der Waals surface area contributed by atoms with Crippen molar-refractivity contribution in [3.8, 4) is 0 Å². The van der Waals surface area contributed by atoms with Crippen LogP contribution in [-0.2, 0) is 16.2 Å². The van der Waals surface area contributed by atoms with E-state index in [1.165, 1.54) is 30.3 Å². The summed E-state index contributed by atoms with van der Waals surface area (Å²) >= 11 is 0. The maximum absolute atomic E-state index is 13.3. The van der Waals surface area contributed by atoms with Gasteiger partial charge in [-0.25, -0.2) is 12.4 Å². The SMILES string of the molecule is Cc1ccc(S(=O)(=O)n2c(C(F)(F)F)cc3ccccc32)cc1. The summed E-state index contributed by atoms with van der Waals surface area (Å²) < 4.78 is 65.8. The number of hydrogen-bond acceptors (Lipinski definition) is 2. The minimum absolute atomic E-state index is 0.000370. The lowest BCUT2D eigenvalue weighted by Crippen LogP contribution is -2.20. The molecule has 0 atom stereocenters. The van der Waals surface area contributed by atoms with E-state index in [2.05, 4.69) is 0 Å².